The average molecular weight is 190 g/mol. The van der Waals surface area contributed by atoms with Crippen LogP contribution in [0.1, 0.15) is 18.1 Å². The van der Waals surface area contributed by atoms with Crippen molar-refractivity contribution >= 4 is 0 Å². The van der Waals surface area contributed by atoms with Gasteiger partial charge < -0.3 is 10.1 Å². The summed E-state index contributed by atoms with van der Waals surface area (Å²) in [5, 5.41) is 11.0. The topological polar surface area (TPSA) is 45.0 Å². The molecule has 0 aliphatic rings. The predicted octanol–water partition coefficient (Wildman–Crippen LogP) is 1.79. The van der Waals surface area contributed by atoms with Gasteiger partial charge in [-0.1, -0.05) is 24.3 Å². The van der Waals surface area contributed by atoms with Gasteiger partial charge in [0.05, 0.1) is 13.2 Å². The summed E-state index contributed by atoms with van der Waals surface area (Å²) in [7, 11) is 0. The minimum absolute atomic E-state index is 0.569. The predicted molar refractivity (Wildman–Crippen MR) is 54.2 cm³/mol. The Morgan fingerprint density at radius 2 is 2.07 bits per heavy atom. The molecule has 0 amide bonds. The third kappa shape index (κ3) is 3.08. The molecule has 0 bridgehead atoms. The third-order valence-electron chi connectivity index (χ3n) is 1.94. The quantitative estimate of drug-likeness (QED) is 0.568. The summed E-state index contributed by atoms with van der Waals surface area (Å²) in [6, 6.07) is 7.96. The highest BCUT2D eigenvalue weighted by atomic mass is 16.5. The number of nitrogens with zero attached hydrogens (tertiary/aromatic N) is 1. The summed E-state index contributed by atoms with van der Waals surface area (Å²) < 4.78 is 5.33. The van der Waals surface area contributed by atoms with Gasteiger partial charge in [-0.3, -0.25) is 0 Å². The molecule has 1 N–H and O–H groups in total. The van der Waals surface area contributed by atoms with E-state index in [-0.39, 0.29) is 0 Å². The van der Waals surface area contributed by atoms with Crippen molar-refractivity contribution in [2.75, 3.05) is 6.61 Å². The summed E-state index contributed by atoms with van der Waals surface area (Å²) >= 11 is 0. The molecule has 0 aromatic heterocycles. The maximum absolute atomic E-state index is 8.40. The van der Waals surface area contributed by atoms with Gasteiger partial charge in [0.25, 0.3) is 0 Å². The normalized spacial score (nSPS) is 9.43. The van der Waals surface area contributed by atoms with E-state index in [1.807, 2.05) is 37.4 Å². The molecule has 3 heteroatoms. The molecule has 0 saturated carbocycles. The molecule has 1 rings (SSSR count). The monoisotopic (exact) mass is 190 g/mol. The lowest BCUT2D eigenvalue weighted by Gasteiger charge is -2.07. The van der Waals surface area contributed by atoms with Gasteiger partial charge in [0.1, 0.15) is 0 Å². The minimum Gasteiger partial charge on any atom is -0.377 e. The Morgan fingerprint density at radius 3 is 2.71 bits per heavy atom. The van der Waals surface area contributed by atoms with Gasteiger partial charge in [-0.05, 0) is 18.1 Å². The molecule has 14 heavy (non-hydrogen) atoms. The first kappa shape index (κ1) is 10.6. The first-order valence-corrected chi connectivity index (χ1v) is 4.65. The first-order valence-electron chi connectivity index (χ1n) is 4.65. The van der Waals surface area contributed by atoms with Crippen LogP contribution in [0.15, 0.2) is 24.3 Å². The molecule has 0 radical (unpaired) electrons. The Kier molecular flexibility index (Phi) is 4.53. The molecule has 0 atom stereocenters. The van der Waals surface area contributed by atoms with E-state index in [0.29, 0.717) is 19.8 Å². The van der Waals surface area contributed by atoms with E-state index in [0.717, 1.165) is 11.1 Å². The molecular formula is C11H14N2O. The van der Waals surface area contributed by atoms with Gasteiger partial charge in [-0.2, -0.15) is 5.26 Å². The minimum atomic E-state index is 0.569. The number of nitrogens with one attached hydrogen (secondary N) is 1. The largest absolute Gasteiger partial charge is 0.377 e. The van der Waals surface area contributed by atoms with Crippen molar-refractivity contribution in [1.29, 1.82) is 5.26 Å². The van der Waals surface area contributed by atoms with Crippen molar-refractivity contribution in [2.45, 2.75) is 20.1 Å². The van der Waals surface area contributed by atoms with Crippen molar-refractivity contribution < 1.29 is 4.74 Å². The maximum Gasteiger partial charge on any atom is 0.176 e. The van der Waals surface area contributed by atoms with E-state index >= 15 is 0 Å². The number of hydrogen-bond acceptors (Lipinski definition) is 3. The van der Waals surface area contributed by atoms with Gasteiger partial charge in [0.15, 0.2) is 6.19 Å². The van der Waals surface area contributed by atoms with Crippen molar-refractivity contribution in [3.8, 4) is 6.19 Å². The Labute approximate surface area is 84.3 Å². The Balaban J connectivity index is 2.65. The van der Waals surface area contributed by atoms with Crippen molar-refractivity contribution in [2.24, 2.45) is 0 Å². The molecule has 74 valence electrons. The van der Waals surface area contributed by atoms with Gasteiger partial charge >= 0.3 is 0 Å². The summed E-state index contributed by atoms with van der Waals surface area (Å²) in [6.45, 7) is 3.86. The number of benzene rings is 1. The molecule has 0 aliphatic carbocycles. The SMILES string of the molecule is CCOCc1ccccc1CNC#N. The smallest absolute Gasteiger partial charge is 0.176 e. The summed E-state index contributed by atoms with van der Waals surface area (Å²) in [5.41, 5.74) is 2.25. The van der Waals surface area contributed by atoms with E-state index < -0.39 is 0 Å². The molecule has 0 unspecified atom stereocenters. The number of hydrogen-bond donors (Lipinski definition) is 1. The van der Waals surface area contributed by atoms with Crippen molar-refractivity contribution in [1.82, 2.24) is 5.32 Å². The lowest BCUT2D eigenvalue weighted by Crippen LogP contribution is -2.07. The van der Waals surface area contributed by atoms with E-state index in [9.17, 15) is 0 Å². The van der Waals surface area contributed by atoms with Crippen LogP contribution in [0.4, 0.5) is 0 Å². The van der Waals surface area contributed by atoms with Crippen LogP contribution in [0, 0.1) is 11.5 Å². The molecule has 0 aliphatic heterocycles. The third-order valence-corrected chi connectivity index (χ3v) is 1.94. The average Bonchev–Trinajstić information content (AvgIpc) is 2.24. The van der Waals surface area contributed by atoms with Gasteiger partial charge in [0, 0.05) is 6.61 Å². The Hall–Kier alpha value is -1.53. The van der Waals surface area contributed by atoms with Gasteiger partial charge in [0.2, 0.25) is 0 Å². The van der Waals surface area contributed by atoms with E-state index in [1.165, 1.54) is 0 Å². The zero-order chi connectivity index (χ0) is 10.2. The molecule has 1 aromatic rings. The lowest BCUT2D eigenvalue weighted by molar-refractivity contribution is 0.133. The molecular weight excluding hydrogens is 176 g/mol. The highest BCUT2D eigenvalue weighted by molar-refractivity contribution is 5.26. The second kappa shape index (κ2) is 6.01. The van der Waals surface area contributed by atoms with E-state index in [2.05, 4.69) is 5.32 Å². The standard InChI is InChI=1S/C11H14N2O/c1-2-14-8-11-6-4-3-5-10(11)7-13-9-12/h3-6,13H,2,7-8H2,1H3. The fraction of sp³-hybridized carbons (Fsp3) is 0.364. The number of nitriles is 1. The summed E-state index contributed by atoms with van der Waals surface area (Å²) in [6.07, 6.45) is 1.91. The fourth-order valence-corrected chi connectivity index (χ4v) is 1.22. The lowest BCUT2D eigenvalue weighted by atomic mass is 10.1. The first-order chi connectivity index (χ1) is 6.88. The highest BCUT2D eigenvalue weighted by Crippen LogP contribution is 2.09. The van der Waals surface area contributed by atoms with Crippen LogP contribution in [0.2, 0.25) is 0 Å². The summed E-state index contributed by atoms with van der Waals surface area (Å²) in [4.78, 5) is 0. The van der Waals surface area contributed by atoms with Crippen LogP contribution in [0.5, 0.6) is 0 Å². The van der Waals surface area contributed by atoms with E-state index in [4.69, 9.17) is 10.00 Å². The van der Waals surface area contributed by atoms with E-state index in [1.54, 1.807) is 0 Å². The summed E-state index contributed by atoms with van der Waals surface area (Å²) in [5.74, 6) is 0. The second-order valence-electron chi connectivity index (χ2n) is 2.87. The number of rotatable bonds is 5. The van der Waals surface area contributed by atoms with Crippen LogP contribution in [0.3, 0.4) is 0 Å². The molecule has 0 heterocycles. The zero-order valence-corrected chi connectivity index (χ0v) is 8.29. The number of ether oxygens (including phenoxy) is 1. The molecule has 0 saturated heterocycles. The molecule has 3 nitrogen and oxygen atoms in total. The zero-order valence-electron chi connectivity index (χ0n) is 8.29. The van der Waals surface area contributed by atoms with Crippen molar-refractivity contribution in [3.05, 3.63) is 35.4 Å². The van der Waals surface area contributed by atoms with Crippen LogP contribution in [0.25, 0.3) is 0 Å². The highest BCUT2D eigenvalue weighted by Gasteiger charge is 2.00. The van der Waals surface area contributed by atoms with Crippen LogP contribution >= 0.6 is 0 Å². The van der Waals surface area contributed by atoms with Crippen molar-refractivity contribution in [3.63, 3.8) is 0 Å². The van der Waals surface area contributed by atoms with Gasteiger partial charge in [-0.25, -0.2) is 0 Å². The maximum atomic E-state index is 8.40. The van der Waals surface area contributed by atoms with Gasteiger partial charge in [-0.15, -0.1) is 0 Å². The Bertz CT molecular complexity index is 317. The molecule has 0 fully saturated rings. The fourth-order valence-electron chi connectivity index (χ4n) is 1.22. The van der Waals surface area contributed by atoms with Crippen LogP contribution in [-0.2, 0) is 17.9 Å². The molecule has 0 spiro atoms. The van der Waals surface area contributed by atoms with Crippen LogP contribution in [-0.4, -0.2) is 6.61 Å². The van der Waals surface area contributed by atoms with Crippen LogP contribution < -0.4 is 5.32 Å². The second-order valence-corrected chi connectivity index (χ2v) is 2.87. The Morgan fingerprint density at radius 1 is 1.36 bits per heavy atom. The molecule has 1 aromatic carbocycles.